The van der Waals surface area contributed by atoms with Crippen LogP contribution in [0.1, 0.15) is 19.4 Å². The highest BCUT2D eigenvalue weighted by molar-refractivity contribution is 7.80. The second-order valence-corrected chi connectivity index (χ2v) is 4.73. The molecule has 0 aromatic heterocycles. The molecule has 2 nitrogen and oxygen atoms in total. The molecule has 0 aliphatic carbocycles. The Morgan fingerprint density at radius 1 is 1.41 bits per heavy atom. The first kappa shape index (κ1) is 14.1. The minimum Gasteiger partial charge on any atom is -0.393 e. The highest BCUT2D eigenvalue weighted by Crippen LogP contribution is 2.09. The van der Waals surface area contributed by atoms with E-state index in [2.05, 4.69) is 11.8 Å². The molecular formula is C13H19FN2S. The Morgan fingerprint density at radius 3 is 2.47 bits per heavy atom. The van der Waals surface area contributed by atoms with E-state index in [9.17, 15) is 4.39 Å². The van der Waals surface area contributed by atoms with E-state index in [1.54, 1.807) is 0 Å². The molecule has 0 aliphatic rings. The second kappa shape index (κ2) is 6.67. The number of thiocarbonyl (C=S) groups is 1. The lowest BCUT2D eigenvalue weighted by Gasteiger charge is -2.23. The number of halogens is 1. The van der Waals surface area contributed by atoms with Crippen molar-refractivity contribution in [2.45, 2.75) is 20.4 Å². The molecule has 0 saturated heterocycles. The number of rotatable bonds is 6. The van der Waals surface area contributed by atoms with Gasteiger partial charge in [0.25, 0.3) is 0 Å². The van der Waals surface area contributed by atoms with E-state index in [1.165, 1.54) is 12.1 Å². The van der Waals surface area contributed by atoms with Crippen molar-refractivity contribution < 1.29 is 4.39 Å². The lowest BCUT2D eigenvalue weighted by Crippen LogP contribution is -2.33. The average molecular weight is 254 g/mol. The minimum atomic E-state index is -0.201. The summed E-state index contributed by atoms with van der Waals surface area (Å²) in [4.78, 5) is 2.79. The van der Waals surface area contributed by atoms with Gasteiger partial charge in [0.15, 0.2) is 0 Å². The Morgan fingerprint density at radius 2 is 2.00 bits per heavy atom. The smallest absolute Gasteiger partial charge is 0.123 e. The molecule has 1 aromatic carbocycles. The van der Waals surface area contributed by atoms with Crippen molar-refractivity contribution >= 4 is 17.2 Å². The van der Waals surface area contributed by atoms with Crippen molar-refractivity contribution in [2.24, 2.45) is 11.7 Å². The van der Waals surface area contributed by atoms with Crippen LogP contribution >= 0.6 is 12.2 Å². The first-order valence-electron chi connectivity index (χ1n) is 5.79. The third-order valence-corrected chi connectivity index (χ3v) is 3.19. The van der Waals surface area contributed by atoms with Gasteiger partial charge in [0.2, 0.25) is 0 Å². The third-order valence-electron chi connectivity index (χ3n) is 2.78. The summed E-state index contributed by atoms with van der Waals surface area (Å²) in [5.74, 6) is -0.00120. The lowest BCUT2D eigenvalue weighted by atomic mass is 10.1. The van der Waals surface area contributed by atoms with Crippen molar-refractivity contribution in [3.63, 3.8) is 0 Å². The van der Waals surface area contributed by atoms with Crippen LogP contribution in [-0.2, 0) is 6.54 Å². The van der Waals surface area contributed by atoms with Gasteiger partial charge in [-0.15, -0.1) is 0 Å². The van der Waals surface area contributed by atoms with Crippen LogP contribution in [0.2, 0.25) is 0 Å². The summed E-state index contributed by atoms with van der Waals surface area (Å²) in [5, 5.41) is 0. The molecule has 1 aromatic rings. The Balaban J connectivity index is 2.57. The van der Waals surface area contributed by atoms with Gasteiger partial charge in [-0.3, -0.25) is 4.90 Å². The SMILES string of the molecule is CCN(Cc1ccc(F)cc1)CC(C)C(N)=S. The molecule has 2 N–H and O–H groups in total. The zero-order valence-electron chi connectivity index (χ0n) is 10.3. The molecule has 94 valence electrons. The van der Waals surface area contributed by atoms with Gasteiger partial charge in [-0.1, -0.05) is 38.2 Å². The molecule has 0 bridgehead atoms. The van der Waals surface area contributed by atoms with E-state index in [-0.39, 0.29) is 11.7 Å². The van der Waals surface area contributed by atoms with Crippen molar-refractivity contribution in [1.29, 1.82) is 0 Å². The monoisotopic (exact) mass is 254 g/mol. The van der Waals surface area contributed by atoms with Gasteiger partial charge < -0.3 is 5.73 Å². The fourth-order valence-electron chi connectivity index (χ4n) is 1.63. The zero-order chi connectivity index (χ0) is 12.8. The predicted molar refractivity (Wildman–Crippen MR) is 73.3 cm³/mol. The predicted octanol–water partition coefficient (Wildman–Crippen LogP) is 2.57. The Kier molecular flexibility index (Phi) is 5.51. The van der Waals surface area contributed by atoms with Gasteiger partial charge in [0.05, 0.1) is 4.99 Å². The molecular weight excluding hydrogens is 235 g/mol. The number of hydrogen-bond acceptors (Lipinski definition) is 2. The molecule has 0 heterocycles. The molecule has 0 aliphatic heterocycles. The lowest BCUT2D eigenvalue weighted by molar-refractivity contribution is 0.264. The van der Waals surface area contributed by atoms with E-state index in [1.807, 2.05) is 19.1 Å². The van der Waals surface area contributed by atoms with Crippen LogP contribution < -0.4 is 5.73 Å². The largest absolute Gasteiger partial charge is 0.393 e. The van der Waals surface area contributed by atoms with Crippen molar-refractivity contribution in [3.05, 3.63) is 35.6 Å². The first-order chi connectivity index (χ1) is 8.02. The van der Waals surface area contributed by atoms with E-state index in [4.69, 9.17) is 18.0 Å². The molecule has 0 amide bonds. The fourth-order valence-corrected chi connectivity index (χ4v) is 1.71. The molecule has 1 atom stereocenters. The first-order valence-corrected chi connectivity index (χ1v) is 6.20. The molecule has 1 rings (SSSR count). The highest BCUT2D eigenvalue weighted by Gasteiger charge is 2.11. The summed E-state index contributed by atoms with van der Waals surface area (Å²) in [6.07, 6.45) is 0. The molecule has 0 spiro atoms. The molecule has 1 unspecified atom stereocenters. The van der Waals surface area contributed by atoms with Crippen LogP contribution in [0.15, 0.2) is 24.3 Å². The van der Waals surface area contributed by atoms with E-state index in [0.29, 0.717) is 4.99 Å². The summed E-state index contributed by atoms with van der Waals surface area (Å²) in [6, 6.07) is 6.59. The summed E-state index contributed by atoms with van der Waals surface area (Å²) in [6.45, 7) is 6.67. The van der Waals surface area contributed by atoms with Crippen LogP contribution in [0.3, 0.4) is 0 Å². The Bertz CT molecular complexity index is 364. The maximum atomic E-state index is 12.8. The Hall–Kier alpha value is -1.00. The molecule has 0 radical (unpaired) electrons. The summed E-state index contributed by atoms with van der Waals surface area (Å²) in [7, 11) is 0. The number of nitrogens with two attached hydrogens (primary N) is 1. The molecule has 0 saturated carbocycles. The van der Waals surface area contributed by atoms with Gasteiger partial charge in [-0.2, -0.15) is 0 Å². The zero-order valence-corrected chi connectivity index (χ0v) is 11.1. The minimum absolute atomic E-state index is 0.199. The molecule has 4 heteroatoms. The van der Waals surface area contributed by atoms with E-state index in [0.717, 1.165) is 25.2 Å². The van der Waals surface area contributed by atoms with Gasteiger partial charge in [0, 0.05) is 19.0 Å². The van der Waals surface area contributed by atoms with Crippen molar-refractivity contribution in [2.75, 3.05) is 13.1 Å². The van der Waals surface area contributed by atoms with Crippen LogP contribution in [0.5, 0.6) is 0 Å². The fraction of sp³-hybridized carbons (Fsp3) is 0.462. The van der Waals surface area contributed by atoms with Crippen LogP contribution in [-0.4, -0.2) is 23.0 Å². The second-order valence-electron chi connectivity index (χ2n) is 4.26. The number of hydrogen-bond donors (Lipinski definition) is 1. The van der Waals surface area contributed by atoms with Gasteiger partial charge in [0.1, 0.15) is 5.82 Å². The average Bonchev–Trinajstić information content (AvgIpc) is 2.30. The standard InChI is InChI=1S/C13H19FN2S/c1-3-16(8-10(2)13(15)17)9-11-4-6-12(14)7-5-11/h4-7,10H,3,8-9H2,1-2H3,(H2,15,17). The normalized spacial score (nSPS) is 12.7. The molecule has 0 fully saturated rings. The van der Waals surface area contributed by atoms with Gasteiger partial charge >= 0.3 is 0 Å². The maximum absolute atomic E-state index is 12.8. The van der Waals surface area contributed by atoms with Crippen LogP contribution in [0, 0.1) is 11.7 Å². The van der Waals surface area contributed by atoms with E-state index >= 15 is 0 Å². The number of benzene rings is 1. The maximum Gasteiger partial charge on any atom is 0.123 e. The highest BCUT2D eigenvalue weighted by atomic mass is 32.1. The summed E-state index contributed by atoms with van der Waals surface area (Å²) in [5.41, 5.74) is 6.71. The summed E-state index contributed by atoms with van der Waals surface area (Å²) >= 11 is 4.97. The summed E-state index contributed by atoms with van der Waals surface area (Å²) < 4.78 is 12.8. The Labute approximate surface area is 108 Å². The van der Waals surface area contributed by atoms with Crippen molar-refractivity contribution in [3.8, 4) is 0 Å². The number of nitrogens with zero attached hydrogens (tertiary/aromatic N) is 1. The molecule has 17 heavy (non-hydrogen) atoms. The van der Waals surface area contributed by atoms with Crippen molar-refractivity contribution in [1.82, 2.24) is 4.90 Å². The van der Waals surface area contributed by atoms with Crippen LogP contribution in [0.4, 0.5) is 4.39 Å². The topological polar surface area (TPSA) is 29.3 Å². The van der Waals surface area contributed by atoms with Gasteiger partial charge in [-0.05, 0) is 24.2 Å². The quantitative estimate of drug-likeness (QED) is 0.791. The van der Waals surface area contributed by atoms with Gasteiger partial charge in [-0.25, -0.2) is 4.39 Å². The van der Waals surface area contributed by atoms with E-state index < -0.39 is 0 Å². The van der Waals surface area contributed by atoms with Crippen LogP contribution in [0.25, 0.3) is 0 Å². The third kappa shape index (κ3) is 4.79.